The fourth-order valence-electron chi connectivity index (χ4n) is 3.57. The first kappa shape index (κ1) is 18.6. The van der Waals surface area contributed by atoms with E-state index in [9.17, 15) is 18.4 Å². The first-order valence-corrected chi connectivity index (χ1v) is 7.71. The van der Waals surface area contributed by atoms with E-state index in [-0.39, 0.29) is 36.5 Å². The third kappa shape index (κ3) is 3.84. The Labute approximate surface area is 145 Å². The van der Waals surface area contributed by atoms with Crippen molar-refractivity contribution in [2.45, 2.75) is 18.9 Å². The smallest absolute Gasteiger partial charge is 0.251 e. The number of nitrogens with two attached hydrogens (primary N) is 1. The van der Waals surface area contributed by atoms with Crippen LogP contribution >= 0.6 is 12.4 Å². The number of likely N-dealkylation sites (tertiary alicyclic amines) is 1. The van der Waals surface area contributed by atoms with Crippen LogP contribution in [0.5, 0.6) is 0 Å². The van der Waals surface area contributed by atoms with Gasteiger partial charge in [0.2, 0.25) is 5.91 Å². The minimum atomic E-state index is -0.831. The molecule has 132 valence electrons. The van der Waals surface area contributed by atoms with Gasteiger partial charge in [-0.25, -0.2) is 8.78 Å². The Morgan fingerprint density at radius 1 is 1.17 bits per heavy atom. The van der Waals surface area contributed by atoms with E-state index >= 15 is 0 Å². The predicted octanol–water partition coefficient (Wildman–Crippen LogP) is 1.31. The number of fused-ring (bicyclic) bond motifs is 1. The normalized spacial score (nSPS) is 25.1. The lowest BCUT2D eigenvalue weighted by Crippen LogP contribution is -2.40. The molecule has 2 fully saturated rings. The zero-order valence-corrected chi connectivity index (χ0v) is 13.8. The van der Waals surface area contributed by atoms with E-state index < -0.39 is 17.5 Å². The third-order valence-corrected chi connectivity index (χ3v) is 4.79. The maximum absolute atomic E-state index is 13.1. The summed E-state index contributed by atoms with van der Waals surface area (Å²) in [4.78, 5) is 25.8. The molecular formula is C16H20ClF2N3O2. The van der Waals surface area contributed by atoms with Crippen LogP contribution in [0, 0.1) is 23.5 Å². The number of nitrogens with one attached hydrogen (secondary N) is 1. The van der Waals surface area contributed by atoms with Crippen molar-refractivity contribution < 1.29 is 18.4 Å². The van der Waals surface area contributed by atoms with Crippen molar-refractivity contribution in [3.05, 3.63) is 35.4 Å². The monoisotopic (exact) mass is 359 g/mol. The molecule has 0 bridgehead atoms. The van der Waals surface area contributed by atoms with E-state index in [1.165, 1.54) is 0 Å². The maximum Gasteiger partial charge on any atom is 0.251 e. The number of nitrogens with zero attached hydrogens (tertiary/aromatic N) is 1. The number of halogens is 3. The standard InChI is InChI=1S/C16H19F2N3O2.ClH/c17-11-3-10(4-12(18)5-11)16(23)20-6-15(22)21-7-9-1-2-14(19)13(9)8-21;/h3-5,9,13-14H,1-2,6-8,19H2,(H,20,23);1H. The van der Waals surface area contributed by atoms with Crippen LogP contribution in [-0.4, -0.2) is 42.4 Å². The molecule has 1 aliphatic carbocycles. The van der Waals surface area contributed by atoms with Gasteiger partial charge in [0.1, 0.15) is 11.6 Å². The molecule has 3 atom stereocenters. The molecular weight excluding hydrogens is 340 g/mol. The van der Waals surface area contributed by atoms with Crippen LogP contribution in [0.1, 0.15) is 23.2 Å². The molecule has 1 saturated heterocycles. The molecule has 1 saturated carbocycles. The lowest BCUT2D eigenvalue weighted by Gasteiger charge is -2.19. The molecule has 1 aliphatic heterocycles. The highest BCUT2D eigenvalue weighted by Crippen LogP contribution is 2.36. The van der Waals surface area contributed by atoms with Gasteiger partial charge in [-0.3, -0.25) is 9.59 Å². The average molecular weight is 360 g/mol. The number of benzene rings is 1. The van der Waals surface area contributed by atoms with E-state index in [4.69, 9.17) is 5.73 Å². The molecule has 3 unspecified atom stereocenters. The summed E-state index contributed by atoms with van der Waals surface area (Å²) in [6.07, 6.45) is 2.03. The third-order valence-electron chi connectivity index (χ3n) is 4.79. The topological polar surface area (TPSA) is 75.4 Å². The highest BCUT2D eigenvalue weighted by Gasteiger charge is 2.42. The Morgan fingerprint density at radius 3 is 2.46 bits per heavy atom. The van der Waals surface area contributed by atoms with E-state index in [0.717, 1.165) is 25.0 Å². The Morgan fingerprint density at radius 2 is 1.83 bits per heavy atom. The lowest BCUT2D eigenvalue weighted by atomic mass is 9.98. The van der Waals surface area contributed by atoms with Crippen LogP contribution in [0.2, 0.25) is 0 Å². The van der Waals surface area contributed by atoms with Crippen LogP contribution in [0.25, 0.3) is 0 Å². The molecule has 2 aliphatic rings. The summed E-state index contributed by atoms with van der Waals surface area (Å²) in [5.41, 5.74) is 5.89. The van der Waals surface area contributed by atoms with Crippen molar-refractivity contribution in [2.24, 2.45) is 17.6 Å². The van der Waals surface area contributed by atoms with Gasteiger partial charge in [-0.15, -0.1) is 12.4 Å². The van der Waals surface area contributed by atoms with Crippen molar-refractivity contribution in [3.8, 4) is 0 Å². The Kier molecular flexibility index (Phi) is 5.77. The van der Waals surface area contributed by atoms with Gasteiger partial charge in [-0.2, -0.15) is 0 Å². The SMILES string of the molecule is Cl.NC1CCC2CN(C(=O)CNC(=O)c3cc(F)cc(F)c3)CC12. The van der Waals surface area contributed by atoms with E-state index in [1.54, 1.807) is 4.90 Å². The van der Waals surface area contributed by atoms with E-state index in [1.807, 2.05) is 0 Å². The molecule has 2 amide bonds. The second-order valence-electron chi connectivity index (χ2n) is 6.30. The summed E-state index contributed by atoms with van der Waals surface area (Å²) in [5.74, 6) is -1.75. The van der Waals surface area contributed by atoms with Gasteiger partial charge in [-0.05, 0) is 36.8 Å². The minimum absolute atomic E-state index is 0. The van der Waals surface area contributed by atoms with Crippen molar-refractivity contribution in [1.29, 1.82) is 0 Å². The number of hydrogen-bond acceptors (Lipinski definition) is 3. The highest BCUT2D eigenvalue weighted by molar-refractivity contribution is 5.96. The molecule has 24 heavy (non-hydrogen) atoms. The quantitative estimate of drug-likeness (QED) is 0.854. The Bertz CT molecular complexity index is 623. The van der Waals surface area contributed by atoms with Crippen LogP contribution in [0.4, 0.5) is 8.78 Å². The van der Waals surface area contributed by atoms with Crippen LogP contribution in [0.15, 0.2) is 18.2 Å². The van der Waals surface area contributed by atoms with Crippen molar-refractivity contribution >= 4 is 24.2 Å². The molecule has 1 aromatic carbocycles. The summed E-state index contributed by atoms with van der Waals surface area (Å²) in [5, 5.41) is 2.41. The zero-order valence-electron chi connectivity index (χ0n) is 13.0. The number of hydrogen-bond donors (Lipinski definition) is 2. The summed E-state index contributed by atoms with van der Waals surface area (Å²) < 4.78 is 26.2. The molecule has 8 heteroatoms. The molecule has 5 nitrogen and oxygen atoms in total. The first-order valence-electron chi connectivity index (χ1n) is 7.71. The van der Waals surface area contributed by atoms with Crippen LogP contribution < -0.4 is 11.1 Å². The number of carbonyl (C=O) groups is 2. The fraction of sp³-hybridized carbons (Fsp3) is 0.500. The first-order chi connectivity index (χ1) is 10.9. The van der Waals surface area contributed by atoms with Gasteiger partial charge in [0.05, 0.1) is 6.54 Å². The second kappa shape index (κ2) is 7.44. The number of amides is 2. The summed E-state index contributed by atoms with van der Waals surface area (Å²) in [6, 6.07) is 2.70. The van der Waals surface area contributed by atoms with Crippen LogP contribution in [0.3, 0.4) is 0 Å². The van der Waals surface area contributed by atoms with Gasteiger partial charge >= 0.3 is 0 Å². The van der Waals surface area contributed by atoms with E-state index in [0.29, 0.717) is 31.0 Å². The lowest BCUT2D eigenvalue weighted by molar-refractivity contribution is -0.129. The molecule has 0 radical (unpaired) electrons. The molecule has 0 spiro atoms. The zero-order chi connectivity index (χ0) is 16.6. The predicted molar refractivity (Wildman–Crippen MR) is 86.7 cm³/mol. The second-order valence-corrected chi connectivity index (χ2v) is 6.30. The van der Waals surface area contributed by atoms with Gasteiger partial charge in [0.25, 0.3) is 5.91 Å². The van der Waals surface area contributed by atoms with Gasteiger partial charge in [0, 0.05) is 30.8 Å². The van der Waals surface area contributed by atoms with E-state index in [2.05, 4.69) is 5.32 Å². The van der Waals surface area contributed by atoms with Crippen molar-refractivity contribution in [2.75, 3.05) is 19.6 Å². The minimum Gasteiger partial charge on any atom is -0.343 e. The number of rotatable bonds is 3. The summed E-state index contributed by atoms with van der Waals surface area (Å²) in [6.45, 7) is 1.10. The molecule has 1 aromatic rings. The van der Waals surface area contributed by atoms with Gasteiger partial charge < -0.3 is 16.0 Å². The summed E-state index contributed by atoms with van der Waals surface area (Å²) >= 11 is 0. The molecule has 1 heterocycles. The van der Waals surface area contributed by atoms with Crippen molar-refractivity contribution in [1.82, 2.24) is 10.2 Å². The fourth-order valence-corrected chi connectivity index (χ4v) is 3.57. The van der Waals surface area contributed by atoms with Crippen molar-refractivity contribution in [3.63, 3.8) is 0 Å². The maximum atomic E-state index is 13.1. The molecule has 3 rings (SSSR count). The summed E-state index contributed by atoms with van der Waals surface area (Å²) in [7, 11) is 0. The molecule has 3 N–H and O–H groups in total. The Hall–Kier alpha value is -1.73. The number of carbonyl (C=O) groups excluding carboxylic acids is 2. The highest BCUT2D eigenvalue weighted by atomic mass is 35.5. The van der Waals surface area contributed by atoms with Gasteiger partial charge in [0.15, 0.2) is 0 Å². The van der Waals surface area contributed by atoms with Gasteiger partial charge in [-0.1, -0.05) is 0 Å². The average Bonchev–Trinajstić information content (AvgIpc) is 3.06. The molecule has 0 aromatic heterocycles. The largest absolute Gasteiger partial charge is 0.343 e. The Balaban J connectivity index is 0.00000208. The van der Waals surface area contributed by atoms with Crippen LogP contribution in [-0.2, 0) is 4.79 Å².